The zero-order chi connectivity index (χ0) is 85.9. The number of alkyl halides is 9. The van der Waals surface area contributed by atoms with Crippen molar-refractivity contribution in [2.75, 3.05) is 125 Å². The fourth-order valence-corrected chi connectivity index (χ4v) is 13.7. The van der Waals surface area contributed by atoms with E-state index < -0.39 is 34.1 Å². The molecule has 640 valence electrons. The molecular weight excluding hydrogens is 1600 g/mol. The quantitative estimate of drug-likeness (QED) is 0.0854. The third-order valence-electron chi connectivity index (χ3n) is 17.9. The Bertz CT molecular complexity index is 3960. The predicted octanol–water partition coefficient (Wildman–Crippen LogP) is 23.3. The second kappa shape index (κ2) is 50.0. The maximum absolute atomic E-state index is 12.0. The summed E-state index contributed by atoms with van der Waals surface area (Å²) in [6, 6.07) is 24.8. The van der Waals surface area contributed by atoms with Crippen LogP contribution in [0.4, 0.5) is 62.8 Å². The van der Waals surface area contributed by atoms with Crippen molar-refractivity contribution in [3.05, 3.63) is 202 Å². The van der Waals surface area contributed by atoms with E-state index in [0.717, 1.165) is 157 Å². The van der Waals surface area contributed by atoms with Crippen LogP contribution in [-0.4, -0.2) is 150 Å². The average Bonchev–Trinajstić information content (AvgIpc) is 1.65. The van der Waals surface area contributed by atoms with Crippen LogP contribution in [0, 0.1) is 0 Å². The molecule has 0 bridgehead atoms. The smallest absolute Gasteiger partial charge is 0.378 e. The van der Waals surface area contributed by atoms with Crippen LogP contribution in [0.5, 0.6) is 0 Å². The van der Waals surface area contributed by atoms with Crippen molar-refractivity contribution in [2.45, 2.75) is 196 Å². The third-order valence-corrected chi connectivity index (χ3v) is 22.3. The molecule has 4 aliphatic heterocycles. The van der Waals surface area contributed by atoms with Gasteiger partial charge in [-0.15, -0.1) is 34.0 Å². The number of thiazole rings is 3. The highest BCUT2D eigenvalue weighted by molar-refractivity contribution is 7.12. The van der Waals surface area contributed by atoms with Gasteiger partial charge in [-0.3, -0.25) is 0 Å². The number of pyridine rings is 6. The number of piperazine rings is 1. The van der Waals surface area contributed by atoms with Crippen molar-refractivity contribution >= 4 is 80.5 Å². The topological polar surface area (TPSA) is 169 Å². The Morgan fingerprint density at radius 2 is 0.853 bits per heavy atom. The summed E-state index contributed by atoms with van der Waals surface area (Å²) in [6.07, 6.45) is 0.611. The maximum Gasteiger partial charge on any atom is 0.443 e. The molecule has 9 aromatic rings. The van der Waals surface area contributed by atoms with Crippen molar-refractivity contribution in [1.29, 1.82) is 0 Å². The number of hydrogen-bond donors (Lipinski definition) is 1. The van der Waals surface area contributed by atoms with Gasteiger partial charge in [0.1, 0.15) is 38.5 Å². The van der Waals surface area contributed by atoms with Crippen LogP contribution in [0.25, 0.3) is 0 Å². The van der Waals surface area contributed by atoms with Gasteiger partial charge in [0.15, 0.2) is 10.7 Å². The normalized spacial score (nSPS) is 14.5. The van der Waals surface area contributed by atoms with E-state index >= 15 is 0 Å². The summed E-state index contributed by atoms with van der Waals surface area (Å²) < 4.78 is 124. The van der Waals surface area contributed by atoms with Crippen LogP contribution in [0.1, 0.15) is 242 Å². The molecule has 116 heavy (non-hydrogen) atoms. The minimum absolute atomic E-state index is 0.0612. The van der Waals surface area contributed by atoms with E-state index in [9.17, 15) is 39.5 Å². The van der Waals surface area contributed by atoms with E-state index in [1.54, 1.807) is 6.20 Å². The molecule has 13 rings (SSSR count). The highest BCUT2D eigenvalue weighted by atomic mass is 35.5. The van der Waals surface area contributed by atoms with Crippen molar-refractivity contribution in [3.8, 4) is 0 Å². The summed E-state index contributed by atoms with van der Waals surface area (Å²) in [5.41, 5.74) is 6.86. The van der Waals surface area contributed by atoms with Crippen LogP contribution in [0.15, 0.2) is 128 Å². The Hall–Kier alpha value is -7.22. The van der Waals surface area contributed by atoms with Gasteiger partial charge < -0.3 is 39.1 Å². The van der Waals surface area contributed by atoms with Crippen LogP contribution >= 0.6 is 57.2 Å². The molecule has 31 heteroatoms. The Morgan fingerprint density at radius 1 is 0.388 bits per heavy atom. The Kier molecular flexibility index (Phi) is 42.8. The fraction of sp³-hybridized carbons (Fsp3) is 0.541. The van der Waals surface area contributed by atoms with Gasteiger partial charge in [0, 0.05) is 131 Å². The molecule has 4 aliphatic rings. The van der Waals surface area contributed by atoms with Gasteiger partial charge in [0.25, 0.3) is 0 Å². The van der Waals surface area contributed by atoms with Crippen molar-refractivity contribution < 1.29 is 53.7 Å². The zero-order valence-corrected chi connectivity index (χ0v) is 74.0. The van der Waals surface area contributed by atoms with Crippen LogP contribution in [0.3, 0.4) is 0 Å². The molecular formula is C85H117Cl2F9N14O3S3. The number of aromatic nitrogens is 9. The second-order valence-corrected chi connectivity index (χ2v) is 33.9. The molecule has 13 heterocycles. The number of ether oxygens (including phenoxy) is 3. The first-order chi connectivity index (χ1) is 54.7. The number of rotatable bonds is 13. The summed E-state index contributed by atoms with van der Waals surface area (Å²) in [7, 11) is 0. The van der Waals surface area contributed by atoms with E-state index in [4.69, 9.17) is 37.4 Å². The Balaban J connectivity index is 0.000000234. The highest BCUT2D eigenvalue weighted by Crippen LogP contribution is 2.37. The number of nitrogens with one attached hydrogen (secondary N) is 1. The number of nitrogens with zero attached hydrogens (tertiary/aromatic N) is 13. The van der Waals surface area contributed by atoms with Gasteiger partial charge in [-0.2, -0.15) is 39.5 Å². The average molecular weight is 1720 g/mol. The predicted molar refractivity (Wildman–Crippen MR) is 458 cm³/mol. The van der Waals surface area contributed by atoms with Gasteiger partial charge in [-0.1, -0.05) is 178 Å². The zero-order valence-electron chi connectivity index (χ0n) is 70.1. The van der Waals surface area contributed by atoms with E-state index in [0.29, 0.717) is 83.4 Å². The van der Waals surface area contributed by atoms with Gasteiger partial charge in [-0.25, -0.2) is 44.9 Å². The molecule has 0 amide bonds. The van der Waals surface area contributed by atoms with Gasteiger partial charge in [0.2, 0.25) is 0 Å². The molecule has 0 saturated carbocycles. The van der Waals surface area contributed by atoms with E-state index in [-0.39, 0.29) is 17.8 Å². The van der Waals surface area contributed by atoms with Crippen molar-refractivity contribution in [2.24, 2.45) is 0 Å². The largest absolute Gasteiger partial charge is 0.443 e. The van der Waals surface area contributed by atoms with E-state index in [1.807, 2.05) is 103 Å². The lowest BCUT2D eigenvalue weighted by molar-refractivity contribution is -0.141. The van der Waals surface area contributed by atoms with Crippen molar-refractivity contribution in [1.82, 2.24) is 50.2 Å². The lowest BCUT2D eigenvalue weighted by Crippen LogP contribution is -2.43. The van der Waals surface area contributed by atoms with Crippen molar-refractivity contribution in [3.63, 3.8) is 0 Å². The van der Waals surface area contributed by atoms with E-state index in [2.05, 4.69) is 195 Å². The molecule has 0 aromatic carbocycles. The van der Waals surface area contributed by atoms with Gasteiger partial charge >= 0.3 is 18.5 Å². The minimum Gasteiger partial charge on any atom is -0.378 e. The first kappa shape index (κ1) is 99.3. The number of anilines is 4. The first-order valence-corrected chi connectivity index (χ1v) is 42.6. The standard InChI is InChI=1S/C12H19N3.3C12H18N2O.2C8H10ClN.3C7H8F3NS/c1-10(2)11-3-4-12(14-9-11)15-7-5-13-6-8-15;1-10(2)11-3-4-13-12(9-11)14-5-7-15-8-6-14;1-10(2)11-3-4-12(13-9-11)14-5-7-15-8-6-14;1-10(2)11-4-3-5-13-12(11)14-6-8-15-9-7-14;1-6(2)7-3-4-8(9)10-5-7;1-6(2)7-4-3-5-10-8(7)9;1-4(2)6-11-5(3-12-6)7(8,9)10;1-4(2)6-11-3-5(12-6)7(8,9)10;1-4(2)5-3-11-6(12-5)7(8,9)10/h3-4,9-10,13H,5-8H2,1-2H3;2*3-4,9-10H,5-8H2,1-2H3;3-5,10H,6-9H2,1-2H3;2*3-6H,1-2H3;3*3-4H,1-2H3. The minimum atomic E-state index is -4.30. The molecule has 0 radical (unpaired) electrons. The molecule has 0 aliphatic carbocycles. The summed E-state index contributed by atoms with van der Waals surface area (Å²) in [5, 5.41) is 5.88. The molecule has 1 N–H and O–H groups in total. The number of hydrogen-bond acceptors (Lipinski definition) is 20. The molecule has 0 unspecified atom stereocenters. The van der Waals surface area contributed by atoms with Crippen LogP contribution in [-0.2, 0) is 32.7 Å². The molecule has 17 nitrogen and oxygen atoms in total. The van der Waals surface area contributed by atoms with Crippen LogP contribution < -0.4 is 24.9 Å². The summed E-state index contributed by atoms with van der Waals surface area (Å²) in [5.74, 6) is 7.83. The van der Waals surface area contributed by atoms with Crippen LogP contribution in [0.2, 0.25) is 10.3 Å². The molecule has 4 fully saturated rings. The molecule has 0 spiro atoms. The lowest BCUT2D eigenvalue weighted by Gasteiger charge is -2.30. The summed E-state index contributed by atoms with van der Waals surface area (Å²) >= 11 is 13.9. The van der Waals surface area contributed by atoms with Gasteiger partial charge in [-0.05, 0) is 117 Å². The number of halogens is 11. The first-order valence-electron chi connectivity index (χ1n) is 39.3. The monoisotopic (exact) mass is 1720 g/mol. The maximum atomic E-state index is 12.0. The fourth-order valence-electron chi connectivity index (χ4n) is 10.8. The van der Waals surface area contributed by atoms with E-state index in [1.165, 1.54) is 34.0 Å². The summed E-state index contributed by atoms with van der Waals surface area (Å²) in [6.45, 7) is 51.9. The third kappa shape index (κ3) is 35.4. The SMILES string of the molecule is CC(C)c1ccc(Cl)nc1.CC(C)c1ccc(N2CCNCC2)nc1.CC(C)c1ccc(N2CCOCC2)nc1.CC(C)c1cccnc1Cl.CC(C)c1cccnc1N1CCOCC1.CC(C)c1ccnc(N2CCOCC2)c1.CC(C)c1cnc(C(F)(F)F)s1.CC(C)c1nc(C(F)(F)F)cs1.CC(C)c1ncc(C(F)(F)F)s1. The number of morpholine rings is 3. The molecule has 9 aromatic heterocycles. The molecule has 0 atom stereocenters. The summed E-state index contributed by atoms with van der Waals surface area (Å²) in [4.78, 5) is 45.6. The lowest BCUT2D eigenvalue weighted by atomic mass is 10.0. The van der Waals surface area contributed by atoms with Gasteiger partial charge in [0.05, 0.1) is 55.9 Å². The Labute approximate surface area is 703 Å². The second-order valence-electron chi connectivity index (χ2n) is 30.2. The highest BCUT2D eigenvalue weighted by Gasteiger charge is 2.36. The molecule has 4 saturated heterocycles. The Morgan fingerprint density at radius 3 is 1.22 bits per heavy atom.